The second-order valence-corrected chi connectivity index (χ2v) is 7.45. The van der Waals surface area contributed by atoms with Crippen molar-refractivity contribution in [2.24, 2.45) is 0 Å². The van der Waals surface area contributed by atoms with E-state index in [0.29, 0.717) is 0 Å². The standard InChI is InChI=1S/C21H18N2O2S/c1-13-8-9-16(10-14(13)2)20-18(11-19(24)25)26-21-22-17(12-23(20)21)15-6-4-3-5-7-15/h3-10,12H,11H2,1-2H3,(H,24,25). The molecule has 0 unspecified atom stereocenters. The number of aryl methyl sites for hydroxylation is 2. The Morgan fingerprint density at radius 2 is 1.85 bits per heavy atom. The van der Waals surface area contributed by atoms with E-state index in [0.717, 1.165) is 32.4 Å². The van der Waals surface area contributed by atoms with Gasteiger partial charge >= 0.3 is 5.97 Å². The zero-order valence-electron chi connectivity index (χ0n) is 14.6. The van der Waals surface area contributed by atoms with Crippen LogP contribution in [0.4, 0.5) is 0 Å². The molecule has 0 aliphatic rings. The minimum Gasteiger partial charge on any atom is -0.481 e. The van der Waals surface area contributed by atoms with Crippen LogP contribution in [0.1, 0.15) is 16.0 Å². The average Bonchev–Trinajstić information content (AvgIpc) is 3.15. The Kier molecular flexibility index (Phi) is 4.09. The SMILES string of the molecule is Cc1ccc(-c2c(CC(=O)O)sc3nc(-c4ccccc4)cn23)cc1C. The van der Waals surface area contributed by atoms with Gasteiger partial charge in [-0.1, -0.05) is 42.5 Å². The first kappa shape index (κ1) is 16.5. The number of carboxylic acids is 1. The fraction of sp³-hybridized carbons (Fsp3) is 0.143. The van der Waals surface area contributed by atoms with Gasteiger partial charge in [0.1, 0.15) is 0 Å². The maximum atomic E-state index is 11.3. The van der Waals surface area contributed by atoms with Crippen LogP contribution in [0.3, 0.4) is 0 Å². The van der Waals surface area contributed by atoms with E-state index in [1.54, 1.807) is 0 Å². The van der Waals surface area contributed by atoms with Gasteiger partial charge in [0.2, 0.25) is 0 Å². The van der Waals surface area contributed by atoms with E-state index < -0.39 is 5.97 Å². The van der Waals surface area contributed by atoms with Gasteiger partial charge in [0.15, 0.2) is 4.96 Å². The number of imidazole rings is 1. The van der Waals surface area contributed by atoms with E-state index in [1.807, 2.05) is 40.9 Å². The molecule has 2 aromatic heterocycles. The molecule has 2 aromatic carbocycles. The number of carboxylic acid groups (broad SMARTS) is 1. The number of thiazole rings is 1. The number of benzene rings is 2. The zero-order chi connectivity index (χ0) is 18.3. The molecule has 130 valence electrons. The van der Waals surface area contributed by atoms with Crippen molar-refractivity contribution < 1.29 is 9.90 Å². The van der Waals surface area contributed by atoms with Gasteiger partial charge in [0.25, 0.3) is 0 Å². The van der Waals surface area contributed by atoms with Crippen molar-refractivity contribution in [1.29, 1.82) is 0 Å². The summed E-state index contributed by atoms with van der Waals surface area (Å²) < 4.78 is 2.02. The molecule has 4 nitrogen and oxygen atoms in total. The van der Waals surface area contributed by atoms with Crippen molar-refractivity contribution in [2.75, 3.05) is 0 Å². The summed E-state index contributed by atoms with van der Waals surface area (Å²) in [7, 11) is 0. The number of hydrogen-bond donors (Lipinski definition) is 1. The normalized spacial score (nSPS) is 11.2. The molecule has 4 aromatic rings. The number of aliphatic carboxylic acids is 1. The molecule has 1 N–H and O–H groups in total. The lowest BCUT2D eigenvalue weighted by molar-refractivity contribution is -0.136. The van der Waals surface area contributed by atoms with Gasteiger partial charge in [-0.15, -0.1) is 11.3 Å². The molecule has 26 heavy (non-hydrogen) atoms. The van der Waals surface area contributed by atoms with Crippen molar-refractivity contribution in [3.05, 3.63) is 70.7 Å². The first-order valence-electron chi connectivity index (χ1n) is 8.38. The number of hydrogen-bond acceptors (Lipinski definition) is 3. The predicted molar refractivity (Wildman–Crippen MR) is 105 cm³/mol. The van der Waals surface area contributed by atoms with E-state index in [9.17, 15) is 9.90 Å². The lowest BCUT2D eigenvalue weighted by atomic mass is 10.0. The van der Waals surface area contributed by atoms with Crippen LogP contribution in [0, 0.1) is 13.8 Å². The van der Waals surface area contributed by atoms with Crippen LogP contribution in [0.25, 0.3) is 27.5 Å². The third-order valence-electron chi connectivity index (χ3n) is 4.55. The topological polar surface area (TPSA) is 54.6 Å². The van der Waals surface area contributed by atoms with E-state index >= 15 is 0 Å². The van der Waals surface area contributed by atoms with Crippen molar-refractivity contribution in [1.82, 2.24) is 9.38 Å². The highest BCUT2D eigenvalue weighted by Gasteiger charge is 2.19. The van der Waals surface area contributed by atoms with Gasteiger partial charge in [0.05, 0.1) is 17.8 Å². The fourth-order valence-corrected chi connectivity index (χ4v) is 4.20. The van der Waals surface area contributed by atoms with E-state index in [1.165, 1.54) is 22.5 Å². The van der Waals surface area contributed by atoms with Crippen LogP contribution in [-0.2, 0) is 11.2 Å². The molecule has 0 fully saturated rings. The number of nitrogens with zero attached hydrogens (tertiary/aromatic N) is 2. The van der Waals surface area contributed by atoms with Gasteiger partial charge in [0, 0.05) is 16.6 Å². The predicted octanol–water partition coefficient (Wildman–Crippen LogP) is 4.97. The average molecular weight is 362 g/mol. The summed E-state index contributed by atoms with van der Waals surface area (Å²) in [5.74, 6) is -0.831. The minimum absolute atomic E-state index is 0.00302. The van der Waals surface area contributed by atoms with Gasteiger partial charge < -0.3 is 5.11 Å². The van der Waals surface area contributed by atoms with Crippen LogP contribution >= 0.6 is 11.3 Å². The number of aromatic nitrogens is 2. The summed E-state index contributed by atoms with van der Waals surface area (Å²) in [6.07, 6.45) is 1.99. The molecule has 0 radical (unpaired) electrons. The summed E-state index contributed by atoms with van der Waals surface area (Å²) in [6, 6.07) is 16.3. The molecular weight excluding hydrogens is 344 g/mol. The second-order valence-electron chi connectivity index (χ2n) is 6.39. The summed E-state index contributed by atoms with van der Waals surface area (Å²) in [4.78, 5) is 17.7. The fourth-order valence-electron chi connectivity index (χ4n) is 3.08. The molecule has 0 saturated heterocycles. The molecule has 0 saturated carbocycles. The van der Waals surface area contributed by atoms with Crippen LogP contribution in [0.2, 0.25) is 0 Å². The second kappa shape index (κ2) is 6.42. The van der Waals surface area contributed by atoms with Crippen molar-refractivity contribution >= 4 is 22.3 Å². The van der Waals surface area contributed by atoms with Crippen LogP contribution in [0.5, 0.6) is 0 Å². The molecule has 0 amide bonds. The van der Waals surface area contributed by atoms with Crippen molar-refractivity contribution in [3.8, 4) is 22.5 Å². The van der Waals surface area contributed by atoms with Crippen LogP contribution in [0.15, 0.2) is 54.7 Å². The van der Waals surface area contributed by atoms with E-state index in [4.69, 9.17) is 4.98 Å². The Labute approximate surface area is 155 Å². The molecule has 0 aliphatic carbocycles. The quantitative estimate of drug-likeness (QED) is 0.557. The number of rotatable bonds is 4. The van der Waals surface area contributed by atoms with Gasteiger partial charge in [-0.25, -0.2) is 4.98 Å². The van der Waals surface area contributed by atoms with Crippen molar-refractivity contribution in [2.45, 2.75) is 20.3 Å². The maximum Gasteiger partial charge on any atom is 0.308 e. The highest BCUT2D eigenvalue weighted by atomic mass is 32.1. The van der Waals surface area contributed by atoms with Crippen molar-refractivity contribution in [3.63, 3.8) is 0 Å². The minimum atomic E-state index is -0.831. The van der Waals surface area contributed by atoms with Crippen LogP contribution < -0.4 is 0 Å². The molecule has 0 aliphatic heterocycles. The molecule has 0 atom stereocenters. The molecule has 0 bridgehead atoms. The highest BCUT2D eigenvalue weighted by Crippen LogP contribution is 2.35. The van der Waals surface area contributed by atoms with Gasteiger partial charge in [-0.3, -0.25) is 9.20 Å². The van der Waals surface area contributed by atoms with Gasteiger partial charge in [-0.05, 0) is 36.6 Å². The third kappa shape index (κ3) is 2.91. The monoisotopic (exact) mass is 362 g/mol. The number of fused-ring (bicyclic) bond motifs is 1. The maximum absolute atomic E-state index is 11.3. The smallest absolute Gasteiger partial charge is 0.308 e. The molecule has 0 spiro atoms. The lowest BCUT2D eigenvalue weighted by Crippen LogP contribution is -2.00. The largest absolute Gasteiger partial charge is 0.481 e. The molecule has 4 rings (SSSR count). The Morgan fingerprint density at radius 3 is 2.54 bits per heavy atom. The summed E-state index contributed by atoms with van der Waals surface area (Å²) in [6.45, 7) is 4.15. The van der Waals surface area contributed by atoms with Gasteiger partial charge in [-0.2, -0.15) is 0 Å². The third-order valence-corrected chi connectivity index (χ3v) is 5.61. The lowest BCUT2D eigenvalue weighted by Gasteiger charge is -2.07. The first-order chi connectivity index (χ1) is 12.5. The van der Waals surface area contributed by atoms with E-state index in [-0.39, 0.29) is 6.42 Å². The highest BCUT2D eigenvalue weighted by molar-refractivity contribution is 7.17. The Hall–Kier alpha value is -2.92. The van der Waals surface area contributed by atoms with Crippen LogP contribution in [-0.4, -0.2) is 20.5 Å². The Bertz CT molecular complexity index is 1110. The molecular formula is C21H18N2O2S. The summed E-state index contributed by atoms with van der Waals surface area (Å²) in [5, 5.41) is 9.31. The summed E-state index contributed by atoms with van der Waals surface area (Å²) >= 11 is 1.44. The number of carbonyl (C=O) groups is 1. The zero-order valence-corrected chi connectivity index (χ0v) is 15.4. The molecule has 2 heterocycles. The Morgan fingerprint density at radius 1 is 1.08 bits per heavy atom. The Balaban J connectivity index is 1.93. The van der Waals surface area contributed by atoms with E-state index in [2.05, 4.69) is 32.0 Å². The molecule has 5 heteroatoms. The first-order valence-corrected chi connectivity index (χ1v) is 9.20. The summed E-state index contributed by atoms with van der Waals surface area (Å²) in [5.41, 5.74) is 6.29.